The van der Waals surface area contributed by atoms with E-state index in [1.165, 1.54) is 0 Å². The molecule has 0 radical (unpaired) electrons. The molecule has 1 aromatic rings. The van der Waals surface area contributed by atoms with Gasteiger partial charge < -0.3 is 16.0 Å². The molecule has 0 aromatic heterocycles. The molecule has 5 heteroatoms. The maximum atomic E-state index is 12.7. The number of carbonyl (C=O) groups excluding carboxylic acids is 2. The van der Waals surface area contributed by atoms with Crippen LogP contribution in [0.5, 0.6) is 0 Å². The largest absolute Gasteiger partial charge is 0.352 e. The zero-order valence-corrected chi connectivity index (χ0v) is 13.5. The average molecular weight is 303 g/mol. The predicted molar refractivity (Wildman–Crippen MR) is 86.4 cm³/mol. The van der Waals surface area contributed by atoms with Gasteiger partial charge in [0.15, 0.2) is 0 Å². The Balaban J connectivity index is 2.10. The van der Waals surface area contributed by atoms with Crippen molar-refractivity contribution in [3.8, 4) is 0 Å². The normalized spacial score (nSPS) is 19.1. The van der Waals surface area contributed by atoms with Gasteiger partial charge in [-0.25, -0.2) is 0 Å². The third-order valence-corrected chi connectivity index (χ3v) is 4.07. The van der Waals surface area contributed by atoms with Gasteiger partial charge in [-0.15, -0.1) is 0 Å². The first-order chi connectivity index (χ1) is 10.4. The van der Waals surface area contributed by atoms with Gasteiger partial charge in [0, 0.05) is 36.7 Å². The summed E-state index contributed by atoms with van der Waals surface area (Å²) >= 11 is 0. The van der Waals surface area contributed by atoms with Crippen LogP contribution in [0.4, 0.5) is 0 Å². The van der Waals surface area contributed by atoms with Gasteiger partial charge in [-0.2, -0.15) is 0 Å². The highest BCUT2D eigenvalue weighted by atomic mass is 16.2. The summed E-state index contributed by atoms with van der Waals surface area (Å²) in [5.41, 5.74) is 7.50. The van der Waals surface area contributed by atoms with Crippen LogP contribution >= 0.6 is 0 Å². The minimum Gasteiger partial charge on any atom is -0.352 e. The van der Waals surface area contributed by atoms with Gasteiger partial charge >= 0.3 is 0 Å². The zero-order chi connectivity index (χ0) is 16.3. The molecular formula is C17H25N3O2. The van der Waals surface area contributed by atoms with Crippen LogP contribution in [-0.2, 0) is 4.79 Å². The minimum absolute atomic E-state index is 0.00706. The Hall–Kier alpha value is -1.88. The molecule has 0 aliphatic carbocycles. The molecule has 1 saturated heterocycles. The van der Waals surface area contributed by atoms with Crippen LogP contribution in [-0.4, -0.2) is 35.3 Å². The molecule has 2 atom stereocenters. The summed E-state index contributed by atoms with van der Waals surface area (Å²) in [6.45, 7) is 6.45. The fraction of sp³-hybridized carbons (Fsp3) is 0.529. The van der Waals surface area contributed by atoms with Crippen LogP contribution in [0.15, 0.2) is 24.3 Å². The van der Waals surface area contributed by atoms with Crippen molar-refractivity contribution < 1.29 is 9.59 Å². The van der Waals surface area contributed by atoms with E-state index in [0.717, 1.165) is 12.0 Å². The van der Waals surface area contributed by atoms with Gasteiger partial charge in [0.05, 0.1) is 0 Å². The SMILES string of the molecule is CC(N)c1ccc(C(=O)N(C[C@@H]2CCC(=O)N2)C(C)C)cc1. The van der Waals surface area contributed by atoms with E-state index in [4.69, 9.17) is 5.73 Å². The molecule has 1 unspecified atom stereocenters. The molecule has 22 heavy (non-hydrogen) atoms. The molecule has 0 spiro atoms. The third-order valence-electron chi connectivity index (χ3n) is 4.07. The Bertz CT molecular complexity index is 537. The molecule has 1 aromatic carbocycles. The first kappa shape index (κ1) is 16.5. The van der Waals surface area contributed by atoms with E-state index in [-0.39, 0.29) is 29.9 Å². The van der Waals surface area contributed by atoms with Gasteiger partial charge in [0.2, 0.25) is 5.91 Å². The first-order valence-corrected chi connectivity index (χ1v) is 7.84. The highest BCUT2D eigenvalue weighted by Crippen LogP contribution is 2.16. The van der Waals surface area contributed by atoms with Crippen molar-refractivity contribution in [2.45, 2.75) is 51.7 Å². The van der Waals surface area contributed by atoms with Crippen LogP contribution in [0.1, 0.15) is 55.6 Å². The molecule has 1 heterocycles. The number of nitrogens with zero attached hydrogens (tertiary/aromatic N) is 1. The van der Waals surface area contributed by atoms with Crippen LogP contribution in [0.3, 0.4) is 0 Å². The third kappa shape index (κ3) is 3.85. The number of amides is 2. The number of carbonyl (C=O) groups is 2. The van der Waals surface area contributed by atoms with E-state index in [9.17, 15) is 9.59 Å². The summed E-state index contributed by atoms with van der Waals surface area (Å²) in [6, 6.07) is 7.54. The molecule has 0 saturated carbocycles. The van der Waals surface area contributed by atoms with Gasteiger partial charge in [-0.3, -0.25) is 9.59 Å². The smallest absolute Gasteiger partial charge is 0.254 e. The molecule has 3 N–H and O–H groups in total. The van der Waals surface area contributed by atoms with Crippen LogP contribution in [0.25, 0.3) is 0 Å². The van der Waals surface area contributed by atoms with Crippen LogP contribution < -0.4 is 11.1 Å². The van der Waals surface area contributed by atoms with Crippen LogP contribution in [0, 0.1) is 0 Å². The second-order valence-electron chi connectivity index (χ2n) is 6.27. The highest BCUT2D eigenvalue weighted by molar-refractivity contribution is 5.94. The summed E-state index contributed by atoms with van der Waals surface area (Å²) in [5.74, 6) is 0.0646. The van der Waals surface area contributed by atoms with Crippen molar-refractivity contribution in [2.24, 2.45) is 5.73 Å². The Labute approximate surface area is 131 Å². The second-order valence-corrected chi connectivity index (χ2v) is 6.27. The van der Waals surface area contributed by atoms with Gasteiger partial charge in [-0.1, -0.05) is 12.1 Å². The van der Waals surface area contributed by atoms with E-state index in [1.54, 1.807) is 0 Å². The maximum Gasteiger partial charge on any atom is 0.254 e. The predicted octanol–water partition coefficient (Wildman–Crippen LogP) is 1.84. The van der Waals surface area contributed by atoms with Crippen molar-refractivity contribution in [1.29, 1.82) is 0 Å². The molecule has 1 aliphatic heterocycles. The summed E-state index contributed by atoms with van der Waals surface area (Å²) in [4.78, 5) is 25.9. The van der Waals surface area contributed by atoms with Crippen molar-refractivity contribution in [3.63, 3.8) is 0 Å². The number of hydrogen-bond acceptors (Lipinski definition) is 3. The highest BCUT2D eigenvalue weighted by Gasteiger charge is 2.27. The summed E-state index contributed by atoms with van der Waals surface area (Å²) in [6.07, 6.45) is 1.34. The lowest BCUT2D eigenvalue weighted by Gasteiger charge is -2.29. The van der Waals surface area contributed by atoms with Crippen LogP contribution in [0.2, 0.25) is 0 Å². The first-order valence-electron chi connectivity index (χ1n) is 7.84. The van der Waals surface area contributed by atoms with E-state index in [1.807, 2.05) is 49.9 Å². The molecule has 120 valence electrons. The standard InChI is InChI=1S/C17H25N3O2/c1-11(2)20(10-15-8-9-16(21)19-15)17(22)14-6-4-13(5-7-14)12(3)18/h4-7,11-12,15H,8-10,18H2,1-3H3,(H,19,21)/t12?,15-/m0/s1. The molecule has 2 amide bonds. The molecule has 1 fully saturated rings. The topological polar surface area (TPSA) is 75.4 Å². The summed E-state index contributed by atoms with van der Waals surface area (Å²) < 4.78 is 0. The number of nitrogens with one attached hydrogen (secondary N) is 1. The number of hydrogen-bond donors (Lipinski definition) is 2. The summed E-state index contributed by atoms with van der Waals surface area (Å²) in [5, 5.41) is 2.92. The Morgan fingerprint density at radius 3 is 2.41 bits per heavy atom. The van der Waals surface area contributed by atoms with Crippen molar-refractivity contribution in [2.75, 3.05) is 6.54 Å². The molecule has 1 aliphatic rings. The minimum atomic E-state index is -0.0425. The molecule has 5 nitrogen and oxygen atoms in total. The van der Waals surface area contributed by atoms with Crippen molar-refractivity contribution >= 4 is 11.8 Å². The van der Waals surface area contributed by atoms with E-state index in [2.05, 4.69) is 5.32 Å². The Morgan fingerprint density at radius 2 is 1.95 bits per heavy atom. The fourth-order valence-corrected chi connectivity index (χ4v) is 2.68. The molecule has 2 rings (SSSR count). The maximum absolute atomic E-state index is 12.7. The van der Waals surface area contributed by atoms with E-state index in [0.29, 0.717) is 18.5 Å². The van der Waals surface area contributed by atoms with Gasteiger partial charge in [0.1, 0.15) is 0 Å². The lowest BCUT2D eigenvalue weighted by Crippen LogP contribution is -2.45. The Kier molecular flexibility index (Phi) is 5.19. The van der Waals surface area contributed by atoms with Crippen molar-refractivity contribution in [1.82, 2.24) is 10.2 Å². The second kappa shape index (κ2) is 6.92. The quantitative estimate of drug-likeness (QED) is 0.871. The molecule has 0 bridgehead atoms. The number of rotatable bonds is 5. The molecular weight excluding hydrogens is 278 g/mol. The lowest BCUT2D eigenvalue weighted by molar-refractivity contribution is -0.119. The lowest BCUT2D eigenvalue weighted by atomic mass is 10.1. The fourth-order valence-electron chi connectivity index (χ4n) is 2.68. The summed E-state index contributed by atoms with van der Waals surface area (Å²) in [7, 11) is 0. The Morgan fingerprint density at radius 1 is 1.32 bits per heavy atom. The van der Waals surface area contributed by atoms with Gasteiger partial charge in [-0.05, 0) is 44.9 Å². The average Bonchev–Trinajstić information content (AvgIpc) is 2.89. The van der Waals surface area contributed by atoms with Crippen molar-refractivity contribution in [3.05, 3.63) is 35.4 Å². The number of benzene rings is 1. The zero-order valence-electron chi connectivity index (χ0n) is 13.5. The number of nitrogens with two attached hydrogens (primary N) is 1. The monoisotopic (exact) mass is 303 g/mol. The van der Waals surface area contributed by atoms with E-state index >= 15 is 0 Å². The van der Waals surface area contributed by atoms with Gasteiger partial charge in [0.25, 0.3) is 5.91 Å². The van der Waals surface area contributed by atoms with E-state index < -0.39 is 0 Å².